The van der Waals surface area contributed by atoms with Gasteiger partial charge in [0.05, 0.1) is 31.9 Å². The summed E-state index contributed by atoms with van der Waals surface area (Å²) in [7, 11) is 0.151. The van der Waals surface area contributed by atoms with E-state index in [2.05, 4.69) is 5.32 Å². The summed E-state index contributed by atoms with van der Waals surface area (Å²) in [5.41, 5.74) is 1.43. The summed E-state index contributed by atoms with van der Waals surface area (Å²) in [5, 5.41) is 2.92. The molecule has 0 spiro atoms. The largest absolute Gasteiger partial charge is 0.497 e. The predicted molar refractivity (Wildman–Crippen MR) is 166 cm³/mol. The maximum Gasteiger partial charge on any atom is 0.264 e. The van der Waals surface area contributed by atoms with Crippen molar-refractivity contribution < 1.29 is 32.2 Å². The van der Waals surface area contributed by atoms with E-state index in [0.29, 0.717) is 17.2 Å². The molecule has 0 radical (unpaired) electrons. The van der Waals surface area contributed by atoms with E-state index in [1.54, 1.807) is 62.6 Å². The maximum absolute atomic E-state index is 14.1. The van der Waals surface area contributed by atoms with Gasteiger partial charge >= 0.3 is 0 Å². The summed E-state index contributed by atoms with van der Waals surface area (Å²) in [6.45, 7) is 8.57. The van der Waals surface area contributed by atoms with Gasteiger partial charge < -0.3 is 24.4 Å². The number of anilines is 1. The molecule has 43 heavy (non-hydrogen) atoms. The number of hydrogen-bond acceptors (Lipinski definition) is 7. The van der Waals surface area contributed by atoms with Crippen LogP contribution in [0.15, 0.2) is 71.6 Å². The number of sulfonamides is 1. The van der Waals surface area contributed by atoms with Gasteiger partial charge in [0.1, 0.15) is 18.3 Å². The third kappa shape index (κ3) is 8.41. The summed E-state index contributed by atoms with van der Waals surface area (Å²) >= 11 is 0. The number of carbonyl (C=O) groups excluding carboxylic acids is 2. The molecule has 0 fully saturated rings. The Morgan fingerprint density at radius 1 is 0.860 bits per heavy atom. The Hall–Kier alpha value is -4.25. The number of nitrogens with one attached hydrogen (secondary N) is 1. The van der Waals surface area contributed by atoms with Gasteiger partial charge in [0, 0.05) is 18.2 Å². The Morgan fingerprint density at radius 2 is 1.47 bits per heavy atom. The van der Waals surface area contributed by atoms with Crippen molar-refractivity contribution in [1.82, 2.24) is 10.2 Å². The standard InChI is InChI=1S/C32H41N3O7S/c1-22-9-13-25(14-10-22)35(43(38,39)27-17-18-28(41-7)29(19-27)42-8)21-30(36)34(23(2)31(37)33-32(3,4)5)20-24-11-15-26(40-6)16-12-24/h9-19,23H,20-21H2,1-8H3,(H,33,37)/t23-/m1/s1. The summed E-state index contributed by atoms with van der Waals surface area (Å²) in [6, 6.07) is 17.3. The van der Waals surface area contributed by atoms with E-state index >= 15 is 0 Å². The molecule has 3 rings (SSSR count). The Balaban J connectivity index is 2.07. The molecule has 232 valence electrons. The molecule has 0 aliphatic rings. The van der Waals surface area contributed by atoms with E-state index in [9.17, 15) is 18.0 Å². The van der Waals surface area contributed by atoms with E-state index in [1.165, 1.54) is 37.3 Å². The third-order valence-corrected chi connectivity index (χ3v) is 8.49. The molecule has 0 bridgehead atoms. The van der Waals surface area contributed by atoms with E-state index in [0.717, 1.165) is 15.4 Å². The zero-order valence-corrected chi connectivity index (χ0v) is 26.8. The van der Waals surface area contributed by atoms with Crippen LogP contribution < -0.4 is 23.8 Å². The van der Waals surface area contributed by atoms with Crippen LogP contribution in [0.2, 0.25) is 0 Å². The molecule has 0 aliphatic carbocycles. The number of methoxy groups -OCH3 is 3. The van der Waals surface area contributed by atoms with Gasteiger partial charge in [-0.1, -0.05) is 29.8 Å². The number of rotatable bonds is 12. The molecule has 1 N–H and O–H groups in total. The molecule has 2 amide bonds. The highest BCUT2D eigenvalue weighted by Gasteiger charge is 2.33. The first-order valence-corrected chi connectivity index (χ1v) is 15.2. The minimum atomic E-state index is -4.28. The quantitative estimate of drug-likeness (QED) is 0.320. The average Bonchev–Trinajstić information content (AvgIpc) is 2.97. The lowest BCUT2D eigenvalue weighted by Crippen LogP contribution is -2.54. The molecule has 0 aromatic heterocycles. The van der Waals surface area contributed by atoms with Crippen LogP contribution in [0.1, 0.15) is 38.8 Å². The zero-order valence-electron chi connectivity index (χ0n) is 26.0. The van der Waals surface area contributed by atoms with Crippen LogP contribution in [-0.2, 0) is 26.2 Å². The van der Waals surface area contributed by atoms with Crippen molar-refractivity contribution in [1.29, 1.82) is 0 Å². The molecular weight excluding hydrogens is 570 g/mol. The van der Waals surface area contributed by atoms with E-state index in [1.807, 2.05) is 27.7 Å². The Bertz CT molecular complexity index is 1520. The third-order valence-electron chi connectivity index (χ3n) is 6.72. The topological polar surface area (TPSA) is 114 Å². The zero-order chi connectivity index (χ0) is 31.9. The van der Waals surface area contributed by atoms with Crippen molar-refractivity contribution in [3.8, 4) is 17.2 Å². The number of hydrogen-bond donors (Lipinski definition) is 1. The lowest BCUT2D eigenvalue weighted by molar-refractivity contribution is -0.140. The summed E-state index contributed by atoms with van der Waals surface area (Å²) in [4.78, 5) is 28.7. The van der Waals surface area contributed by atoms with E-state index in [-0.39, 0.29) is 23.1 Å². The molecular formula is C32H41N3O7S. The molecule has 10 nitrogen and oxygen atoms in total. The minimum Gasteiger partial charge on any atom is -0.497 e. The molecule has 3 aromatic carbocycles. The molecule has 0 saturated heterocycles. The van der Waals surface area contributed by atoms with E-state index < -0.39 is 34.1 Å². The van der Waals surface area contributed by atoms with Crippen molar-refractivity contribution in [3.05, 3.63) is 77.9 Å². The van der Waals surface area contributed by atoms with Crippen LogP contribution in [0.25, 0.3) is 0 Å². The first kappa shape index (κ1) is 33.3. The minimum absolute atomic E-state index is 0.0691. The fourth-order valence-electron chi connectivity index (χ4n) is 4.33. The Labute approximate surface area is 254 Å². The maximum atomic E-state index is 14.1. The Morgan fingerprint density at radius 3 is 2.00 bits per heavy atom. The van der Waals surface area contributed by atoms with Gasteiger partial charge in [-0.3, -0.25) is 13.9 Å². The fourth-order valence-corrected chi connectivity index (χ4v) is 5.76. The van der Waals surface area contributed by atoms with Crippen molar-refractivity contribution in [2.45, 2.75) is 57.6 Å². The van der Waals surface area contributed by atoms with Gasteiger partial charge in [-0.25, -0.2) is 8.42 Å². The highest BCUT2D eigenvalue weighted by molar-refractivity contribution is 7.92. The number of aryl methyl sites for hydroxylation is 1. The molecule has 0 aliphatic heterocycles. The summed E-state index contributed by atoms with van der Waals surface area (Å²) < 4.78 is 45.2. The smallest absolute Gasteiger partial charge is 0.264 e. The van der Waals surface area contributed by atoms with Crippen LogP contribution in [0.3, 0.4) is 0 Å². The van der Waals surface area contributed by atoms with Gasteiger partial charge in [0.2, 0.25) is 11.8 Å². The highest BCUT2D eigenvalue weighted by atomic mass is 32.2. The lowest BCUT2D eigenvalue weighted by Gasteiger charge is -2.33. The molecule has 11 heteroatoms. The predicted octanol–water partition coefficient (Wildman–Crippen LogP) is 4.55. The number of carbonyl (C=O) groups is 2. The lowest BCUT2D eigenvalue weighted by atomic mass is 10.1. The van der Waals surface area contributed by atoms with Gasteiger partial charge in [-0.2, -0.15) is 0 Å². The van der Waals surface area contributed by atoms with E-state index in [4.69, 9.17) is 14.2 Å². The number of nitrogens with zero attached hydrogens (tertiary/aromatic N) is 2. The normalized spacial score (nSPS) is 12.2. The molecule has 1 atom stereocenters. The van der Waals surface area contributed by atoms with Gasteiger partial charge in [0.15, 0.2) is 11.5 Å². The van der Waals surface area contributed by atoms with Crippen molar-refractivity contribution in [2.24, 2.45) is 0 Å². The van der Waals surface area contributed by atoms with Gasteiger partial charge in [-0.15, -0.1) is 0 Å². The first-order chi connectivity index (χ1) is 20.2. The molecule has 0 heterocycles. The van der Waals surface area contributed by atoms with Crippen LogP contribution in [-0.4, -0.2) is 64.6 Å². The molecule has 0 unspecified atom stereocenters. The van der Waals surface area contributed by atoms with Crippen LogP contribution in [0.4, 0.5) is 5.69 Å². The number of benzene rings is 3. The fraction of sp³-hybridized carbons (Fsp3) is 0.375. The van der Waals surface area contributed by atoms with Crippen LogP contribution >= 0.6 is 0 Å². The molecule has 0 saturated carbocycles. The number of amides is 2. The van der Waals surface area contributed by atoms with Crippen molar-refractivity contribution >= 4 is 27.5 Å². The first-order valence-electron chi connectivity index (χ1n) is 13.8. The van der Waals surface area contributed by atoms with Gasteiger partial charge in [0.25, 0.3) is 10.0 Å². The second-order valence-corrected chi connectivity index (χ2v) is 13.0. The summed E-state index contributed by atoms with van der Waals surface area (Å²) in [5.74, 6) is 0.318. The number of ether oxygens (including phenoxy) is 3. The second kappa shape index (κ2) is 13.8. The van der Waals surface area contributed by atoms with Crippen molar-refractivity contribution in [3.63, 3.8) is 0 Å². The van der Waals surface area contributed by atoms with Crippen LogP contribution in [0.5, 0.6) is 17.2 Å². The Kier molecular flexibility index (Phi) is 10.7. The average molecular weight is 612 g/mol. The SMILES string of the molecule is COc1ccc(CN(C(=O)CN(c2ccc(C)cc2)S(=O)(=O)c2ccc(OC)c(OC)c2)[C@H](C)C(=O)NC(C)(C)C)cc1. The van der Waals surface area contributed by atoms with Gasteiger partial charge in [-0.05, 0) is 76.6 Å². The summed E-state index contributed by atoms with van der Waals surface area (Å²) in [6.07, 6.45) is 0. The van der Waals surface area contributed by atoms with Crippen molar-refractivity contribution in [2.75, 3.05) is 32.2 Å². The monoisotopic (exact) mass is 611 g/mol. The molecule has 3 aromatic rings. The van der Waals surface area contributed by atoms with Crippen LogP contribution in [0, 0.1) is 6.92 Å². The second-order valence-electron chi connectivity index (χ2n) is 11.1. The highest BCUT2D eigenvalue weighted by Crippen LogP contribution is 2.32.